The Morgan fingerprint density at radius 3 is 2.87 bits per heavy atom. The molecule has 82 valence electrons. The van der Waals surface area contributed by atoms with Crippen LogP contribution < -0.4 is 0 Å². The minimum Gasteiger partial charge on any atom is -0.378 e. The minimum atomic E-state index is -0.116. The maximum atomic E-state index is 11.9. The normalized spacial score (nSPS) is 16.7. The van der Waals surface area contributed by atoms with Crippen LogP contribution in [0.3, 0.4) is 0 Å². The quantitative estimate of drug-likeness (QED) is 0.736. The average molecular weight is 210 g/mol. The summed E-state index contributed by atoms with van der Waals surface area (Å²) in [5.41, 5.74) is 0. The van der Waals surface area contributed by atoms with Crippen molar-refractivity contribution in [3.05, 3.63) is 11.6 Å². The van der Waals surface area contributed by atoms with Crippen LogP contribution in [-0.2, 0) is 11.2 Å². The van der Waals surface area contributed by atoms with E-state index in [1.165, 1.54) is 0 Å². The minimum absolute atomic E-state index is 0.116. The summed E-state index contributed by atoms with van der Waals surface area (Å²) in [6.45, 7) is 4.39. The second kappa shape index (κ2) is 4.39. The van der Waals surface area contributed by atoms with Gasteiger partial charge in [0.15, 0.2) is 0 Å². The van der Waals surface area contributed by atoms with Gasteiger partial charge < -0.3 is 9.64 Å². The van der Waals surface area contributed by atoms with Crippen LogP contribution >= 0.6 is 0 Å². The molecular weight excluding hydrogens is 196 g/mol. The highest BCUT2D eigenvalue weighted by Crippen LogP contribution is 2.03. The molecule has 6 nitrogen and oxygen atoms in total. The number of carbonyl (C=O) groups is 1. The van der Waals surface area contributed by atoms with E-state index in [-0.39, 0.29) is 11.7 Å². The number of aryl methyl sites for hydroxylation is 1. The SMILES string of the molecule is CCc1nc(C(=O)N2CCOCC2)n[nH]1. The molecule has 2 rings (SSSR count). The molecule has 0 saturated carbocycles. The number of aromatic nitrogens is 3. The second-order valence-corrected chi connectivity index (χ2v) is 3.36. The molecule has 2 heterocycles. The first-order valence-corrected chi connectivity index (χ1v) is 5.09. The summed E-state index contributed by atoms with van der Waals surface area (Å²) in [5, 5.41) is 6.63. The van der Waals surface area contributed by atoms with E-state index in [9.17, 15) is 4.79 Å². The number of aromatic amines is 1. The summed E-state index contributed by atoms with van der Waals surface area (Å²) in [6, 6.07) is 0. The molecule has 1 aromatic rings. The number of hydrogen-bond acceptors (Lipinski definition) is 4. The first-order valence-electron chi connectivity index (χ1n) is 5.09. The molecule has 1 aliphatic rings. The predicted molar refractivity (Wildman–Crippen MR) is 52.5 cm³/mol. The fraction of sp³-hybridized carbons (Fsp3) is 0.667. The topological polar surface area (TPSA) is 71.1 Å². The van der Waals surface area contributed by atoms with Crippen LogP contribution in [0, 0.1) is 0 Å². The maximum absolute atomic E-state index is 11.9. The van der Waals surface area contributed by atoms with E-state index < -0.39 is 0 Å². The Morgan fingerprint density at radius 1 is 1.53 bits per heavy atom. The number of nitrogens with zero attached hydrogens (tertiary/aromatic N) is 3. The van der Waals surface area contributed by atoms with Gasteiger partial charge in [0, 0.05) is 19.5 Å². The highest BCUT2D eigenvalue weighted by Gasteiger charge is 2.21. The second-order valence-electron chi connectivity index (χ2n) is 3.36. The molecule has 1 amide bonds. The molecule has 6 heteroatoms. The zero-order valence-electron chi connectivity index (χ0n) is 8.69. The molecule has 15 heavy (non-hydrogen) atoms. The van der Waals surface area contributed by atoms with Gasteiger partial charge in [0.1, 0.15) is 5.82 Å². The molecule has 0 atom stereocenters. The largest absolute Gasteiger partial charge is 0.378 e. The highest BCUT2D eigenvalue weighted by molar-refractivity contribution is 5.90. The third kappa shape index (κ3) is 2.15. The van der Waals surface area contributed by atoms with Crippen LogP contribution in [0.5, 0.6) is 0 Å². The monoisotopic (exact) mass is 210 g/mol. The summed E-state index contributed by atoms with van der Waals surface area (Å²) in [6.07, 6.45) is 0.753. The molecule has 1 fully saturated rings. The van der Waals surface area contributed by atoms with Crippen molar-refractivity contribution in [3.63, 3.8) is 0 Å². The molecule has 1 aliphatic heterocycles. The van der Waals surface area contributed by atoms with E-state index >= 15 is 0 Å². The summed E-state index contributed by atoms with van der Waals surface area (Å²) in [7, 11) is 0. The molecule has 0 aliphatic carbocycles. The Bertz CT molecular complexity index is 344. The Hall–Kier alpha value is -1.43. The lowest BCUT2D eigenvalue weighted by atomic mass is 10.4. The zero-order chi connectivity index (χ0) is 10.7. The zero-order valence-corrected chi connectivity index (χ0v) is 8.69. The van der Waals surface area contributed by atoms with Crippen LogP contribution in [0.2, 0.25) is 0 Å². The molecule has 0 aromatic carbocycles. The standard InChI is InChI=1S/C9H14N4O2/c1-2-7-10-8(12-11-7)9(14)13-3-5-15-6-4-13/h2-6H2,1H3,(H,10,11,12). The van der Waals surface area contributed by atoms with Crippen LogP contribution in [0.15, 0.2) is 0 Å². The van der Waals surface area contributed by atoms with E-state index in [2.05, 4.69) is 15.2 Å². The fourth-order valence-electron chi connectivity index (χ4n) is 1.46. The number of morpholine rings is 1. The fourth-order valence-corrected chi connectivity index (χ4v) is 1.46. The average Bonchev–Trinajstić information content (AvgIpc) is 2.78. The summed E-state index contributed by atoms with van der Waals surface area (Å²) in [5.74, 6) is 0.884. The van der Waals surface area contributed by atoms with Crippen molar-refractivity contribution in [2.45, 2.75) is 13.3 Å². The van der Waals surface area contributed by atoms with Crippen molar-refractivity contribution in [1.82, 2.24) is 20.1 Å². The Labute approximate surface area is 87.6 Å². The first-order chi connectivity index (χ1) is 7.31. The summed E-state index contributed by atoms with van der Waals surface area (Å²) >= 11 is 0. The molecule has 1 saturated heterocycles. The van der Waals surface area contributed by atoms with Gasteiger partial charge >= 0.3 is 0 Å². The van der Waals surface area contributed by atoms with E-state index in [1.54, 1.807) is 4.90 Å². The van der Waals surface area contributed by atoms with Crippen molar-refractivity contribution in [2.24, 2.45) is 0 Å². The Balaban J connectivity index is 2.05. The van der Waals surface area contributed by atoms with Gasteiger partial charge in [-0.3, -0.25) is 9.89 Å². The first kappa shape index (κ1) is 10.1. The maximum Gasteiger partial charge on any atom is 0.293 e. The van der Waals surface area contributed by atoms with Gasteiger partial charge in [-0.2, -0.15) is 0 Å². The van der Waals surface area contributed by atoms with Gasteiger partial charge in [0.05, 0.1) is 13.2 Å². The lowest BCUT2D eigenvalue weighted by Gasteiger charge is -2.25. The van der Waals surface area contributed by atoms with E-state index in [1.807, 2.05) is 6.92 Å². The molecule has 0 spiro atoms. The predicted octanol–water partition coefficient (Wildman–Crippen LogP) is -0.161. The van der Waals surface area contributed by atoms with E-state index in [0.717, 1.165) is 12.2 Å². The number of ether oxygens (including phenoxy) is 1. The molecular formula is C9H14N4O2. The highest BCUT2D eigenvalue weighted by atomic mass is 16.5. The van der Waals surface area contributed by atoms with E-state index in [0.29, 0.717) is 26.3 Å². The van der Waals surface area contributed by atoms with Crippen LogP contribution in [0.1, 0.15) is 23.4 Å². The molecule has 1 aromatic heterocycles. The third-order valence-corrected chi connectivity index (χ3v) is 2.36. The van der Waals surface area contributed by atoms with Crippen molar-refractivity contribution >= 4 is 5.91 Å². The van der Waals surface area contributed by atoms with Crippen LogP contribution in [0.4, 0.5) is 0 Å². The number of hydrogen-bond donors (Lipinski definition) is 1. The van der Waals surface area contributed by atoms with Gasteiger partial charge in [0.25, 0.3) is 5.91 Å². The van der Waals surface area contributed by atoms with Gasteiger partial charge in [-0.1, -0.05) is 6.92 Å². The number of rotatable bonds is 2. The van der Waals surface area contributed by atoms with E-state index in [4.69, 9.17) is 4.74 Å². The lowest BCUT2D eigenvalue weighted by molar-refractivity contribution is 0.0295. The Morgan fingerprint density at radius 2 is 2.27 bits per heavy atom. The molecule has 0 unspecified atom stereocenters. The number of nitrogens with one attached hydrogen (secondary N) is 1. The summed E-state index contributed by atoms with van der Waals surface area (Å²) in [4.78, 5) is 17.7. The summed E-state index contributed by atoms with van der Waals surface area (Å²) < 4.78 is 5.17. The van der Waals surface area contributed by atoms with Crippen molar-refractivity contribution < 1.29 is 9.53 Å². The van der Waals surface area contributed by atoms with Gasteiger partial charge in [-0.15, -0.1) is 5.10 Å². The molecule has 0 bridgehead atoms. The van der Waals surface area contributed by atoms with Crippen molar-refractivity contribution in [1.29, 1.82) is 0 Å². The van der Waals surface area contributed by atoms with Crippen molar-refractivity contribution in [2.75, 3.05) is 26.3 Å². The third-order valence-electron chi connectivity index (χ3n) is 2.36. The number of carbonyl (C=O) groups excluding carboxylic acids is 1. The van der Waals surface area contributed by atoms with Gasteiger partial charge in [-0.05, 0) is 0 Å². The smallest absolute Gasteiger partial charge is 0.293 e. The van der Waals surface area contributed by atoms with Crippen LogP contribution in [-0.4, -0.2) is 52.3 Å². The van der Waals surface area contributed by atoms with Gasteiger partial charge in [0.2, 0.25) is 5.82 Å². The molecule has 1 N–H and O–H groups in total. The Kier molecular flexibility index (Phi) is 2.96. The lowest BCUT2D eigenvalue weighted by Crippen LogP contribution is -2.41. The van der Waals surface area contributed by atoms with Crippen LogP contribution in [0.25, 0.3) is 0 Å². The van der Waals surface area contributed by atoms with Gasteiger partial charge in [-0.25, -0.2) is 4.98 Å². The van der Waals surface area contributed by atoms with Crippen molar-refractivity contribution in [3.8, 4) is 0 Å². The number of amides is 1. The number of H-pyrrole nitrogens is 1. The molecule has 0 radical (unpaired) electrons.